The fourth-order valence-electron chi connectivity index (χ4n) is 3.73. The number of aryl methyl sites for hydroxylation is 2. The molecule has 0 unspecified atom stereocenters. The number of hydrogen-bond acceptors (Lipinski definition) is 5. The number of benzene rings is 1. The summed E-state index contributed by atoms with van der Waals surface area (Å²) >= 11 is 0. The van der Waals surface area contributed by atoms with Gasteiger partial charge in [0, 0.05) is 18.6 Å². The third-order valence-electron chi connectivity index (χ3n) is 6.92. The van der Waals surface area contributed by atoms with E-state index < -0.39 is 13.9 Å². The summed E-state index contributed by atoms with van der Waals surface area (Å²) in [4.78, 5) is 22.8. The fraction of sp³-hybridized carbons (Fsp3) is 0.462. The summed E-state index contributed by atoms with van der Waals surface area (Å²) in [5.41, 5.74) is 4.55. The minimum Gasteiger partial charge on any atom is -0.414 e. The third kappa shape index (κ3) is 4.88. The van der Waals surface area contributed by atoms with Crippen molar-refractivity contribution in [2.24, 2.45) is 7.05 Å². The Morgan fingerprint density at radius 1 is 1.20 bits per heavy atom. The van der Waals surface area contributed by atoms with Crippen molar-refractivity contribution >= 4 is 36.3 Å². The topological polar surface area (TPSA) is 97.7 Å². The van der Waals surface area contributed by atoms with Crippen LogP contribution >= 0.6 is 0 Å². The maximum atomic E-state index is 13.4. The number of amides is 1. The molecule has 0 aliphatic heterocycles. The lowest BCUT2D eigenvalue weighted by Gasteiger charge is -2.39. The first-order valence-corrected chi connectivity index (χ1v) is 14.8. The fourth-order valence-corrected chi connectivity index (χ4v) is 4.89. The van der Waals surface area contributed by atoms with Gasteiger partial charge >= 0.3 is 0 Å². The number of nitrogens with one attached hydrogen (secondary N) is 2. The number of rotatable bonds is 6. The summed E-state index contributed by atoms with van der Waals surface area (Å²) in [6, 6.07) is 6.12. The number of fused-ring (bicyclic) bond motifs is 2. The summed E-state index contributed by atoms with van der Waals surface area (Å²) in [5, 5.41) is 11.8. The van der Waals surface area contributed by atoms with E-state index >= 15 is 0 Å². The highest BCUT2D eigenvalue weighted by molar-refractivity contribution is 6.74. The second-order valence-corrected chi connectivity index (χ2v) is 16.4. The molecule has 1 amide bonds. The van der Waals surface area contributed by atoms with E-state index in [-0.39, 0.29) is 10.9 Å². The van der Waals surface area contributed by atoms with Crippen molar-refractivity contribution in [3.05, 3.63) is 41.7 Å². The molecular weight excluding hydrogens is 456 g/mol. The van der Waals surface area contributed by atoms with Crippen molar-refractivity contribution < 1.29 is 9.22 Å². The molecule has 0 saturated carbocycles. The van der Waals surface area contributed by atoms with Crippen molar-refractivity contribution in [1.29, 1.82) is 0 Å². The average molecular weight is 493 g/mol. The molecule has 186 valence electrons. The Morgan fingerprint density at radius 2 is 1.91 bits per heavy atom. The van der Waals surface area contributed by atoms with Crippen molar-refractivity contribution in [3.63, 3.8) is 0 Å². The van der Waals surface area contributed by atoms with Crippen molar-refractivity contribution in [2.45, 2.75) is 65.2 Å². The molecule has 0 atom stereocenters. The van der Waals surface area contributed by atoms with E-state index in [1.807, 2.05) is 50.6 Å². The SMILES string of the molecule is Cc1ccc2c(-c3cnc4c(n3)c(C(=O)NC(C)(C)CO[Si](C)(C)C(C)(C)C)cn4C)n[nH]c2c1. The minimum atomic E-state index is -1.94. The van der Waals surface area contributed by atoms with Gasteiger partial charge in [-0.25, -0.2) is 9.97 Å². The Labute approximate surface area is 207 Å². The monoisotopic (exact) mass is 492 g/mol. The molecule has 1 aromatic carbocycles. The van der Waals surface area contributed by atoms with Crippen LogP contribution in [0, 0.1) is 6.92 Å². The lowest BCUT2D eigenvalue weighted by molar-refractivity contribution is 0.0875. The predicted molar refractivity (Wildman–Crippen MR) is 143 cm³/mol. The van der Waals surface area contributed by atoms with Crippen LogP contribution in [0.2, 0.25) is 18.1 Å². The van der Waals surface area contributed by atoms with Gasteiger partial charge in [0.05, 0.1) is 29.4 Å². The van der Waals surface area contributed by atoms with Crippen LogP contribution in [0.1, 0.15) is 50.5 Å². The molecule has 35 heavy (non-hydrogen) atoms. The van der Waals surface area contributed by atoms with Crippen molar-refractivity contribution in [1.82, 2.24) is 30.0 Å². The Morgan fingerprint density at radius 3 is 2.60 bits per heavy atom. The van der Waals surface area contributed by atoms with Crippen LogP contribution in [0.4, 0.5) is 0 Å². The second kappa shape index (κ2) is 8.56. The number of H-pyrrole nitrogens is 1. The molecule has 8 nitrogen and oxygen atoms in total. The van der Waals surface area contributed by atoms with Gasteiger partial charge in [0.2, 0.25) is 0 Å². The molecule has 0 saturated heterocycles. The van der Waals surface area contributed by atoms with Gasteiger partial charge in [0.15, 0.2) is 14.0 Å². The largest absolute Gasteiger partial charge is 0.414 e. The van der Waals surface area contributed by atoms with Crippen LogP contribution in [0.5, 0.6) is 0 Å². The van der Waals surface area contributed by atoms with Gasteiger partial charge in [0.1, 0.15) is 16.9 Å². The second-order valence-electron chi connectivity index (χ2n) is 11.6. The molecule has 0 spiro atoms. The van der Waals surface area contributed by atoms with Crippen molar-refractivity contribution in [3.8, 4) is 11.4 Å². The normalized spacial score (nSPS) is 13.1. The molecule has 0 aliphatic rings. The van der Waals surface area contributed by atoms with E-state index in [4.69, 9.17) is 9.41 Å². The first-order valence-electron chi connectivity index (χ1n) is 11.9. The maximum Gasteiger partial charge on any atom is 0.255 e. The Balaban J connectivity index is 1.63. The first-order chi connectivity index (χ1) is 16.2. The molecule has 4 rings (SSSR count). The standard InChI is InChI=1S/C26H36N6O2Si/c1-16-10-11-17-19(12-16)30-31-21(17)20-13-27-23-22(28-20)18(14-32(23)7)24(33)29-26(5,6)15-34-35(8,9)25(2,3)4/h10-14H,15H2,1-9H3,(H,29,33)(H,30,31). The number of hydrogen-bond donors (Lipinski definition) is 2. The number of carbonyl (C=O) groups excluding carboxylic acids is 1. The van der Waals surface area contributed by atoms with Gasteiger partial charge in [-0.3, -0.25) is 9.89 Å². The van der Waals surface area contributed by atoms with E-state index in [1.54, 1.807) is 12.4 Å². The zero-order valence-corrected chi connectivity index (χ0v) is 23.2. The quantitative estimate of drug-likeness (QED) is 0.354. The van der Waals surface area contributed by atoms with Crippen LogP contribution in [-0.4, -0.2) is 51.1 Å². The van der Waals surface area contributed by atoms with Crippen LogP contribution in [0.3, 0.4) is 0 Å². The highest BCUT2D eigenvalue weighted by atomic mass is 28.4. The summed E-state index contributed by atoms with van der Waals surface area (Å²) in [7, 11) is -0.0698. The highest BCUT2D eigenvalue weighted by Gasteiger charge is 2.39. The zero-order chi connectivity index (χ0) is 25.8. The van der Waals surface area contributed by atoms with Gasteiger partial charge in [0.25, 0.3) is 5.91 Å². The predicted octanol–water partition coefficient (Wildman–Crippen LogP) is 5.35. The number of carbonyl (C=O) groups is 1. The van der Waals surface area contributed by atoms with E-state index in [2.05, 4.69) is 54.4 Å². The van der Waals surface area contributed by atoms with Gasteiger partial charge in [-0.15, -0.1) is 0 Å². The maximum absolute atomic E-state index is 13.4. The third-order valence-corrected chi connectivity index (χ3v) is 11.4. The molecule has 9 heteroatoms. The number of aromatic amines is 1. The molecule has 0 aliphatic carbocycles. The number of aromatic nitrogens is 5. The van der Waals surface area contributed by atoms with Crippen LogP contribution in [0.15, 0.2) is 30.6 Å². The molecule has 2 N–H and O–H groups in total. The first kappa shape index (κ1) is 25.1. The van der Waals surface area contributed by atoms with Gasteiger partial charge < -0.3 is 14.3 Å². The van der Waals surface area contributed by atoms with E-state index in [0.717, 1.165) is 16.5 Å². The van der Waals surface area contributed by atoms with Crippen LogP contribution < -0.4 is 5.32 Å². The molecule has 3 aromatic heterocycles. The Hall–Kier alpha value is -3.04. The molecular formula is C26H36N6O2Si. The Kier molecular flexibility index (Phi) is 6.13. The minimum absolute atomic E-state index is 0.101. The van der Waals surface area contributed by atoms with Gasteiger partial charge in [-0.1, -0.05) is 32.9 Å². The lowest BCUT2D eigenvalue weighted by atomic mass is 10.1. The molecule has 0 bridgehead atoms. The number of nitrogens with zero attached hydrogens (tertiary/aromatic N) is 4. The van der Waals surface area contributed by atoms with Crippen LogP contribution in [0.25, 0.3) is 33.5 Å². The smallest absolute Gasteiger partial charge is 0.255 e. The van der Waals surface area contributed by atoms with E-state index in [1.165, 1.54) is 0 Å². The lowest BCUT2D eigenvalue weighted by Crippen LogP contribution is -2.51. The van der Waals surface area contributed by atoms with Crippen molar-refractivity contribution in [2.75, 3.05) is 6.61 Å². The average Bonchev–Trinajstić information content (AvgIpc) is 3.32. The highest BCUT2D eigenvalue weighted by Crippen LogP contribution is 2.37. The summed E-state index contributed by atoms with van der Waals surface area (Å²) in [6.07, 6.45) is 3.48. The van der Waals surface area contributed by atoms with Crippen LogP contribution in [-0.2, 0) is 11.5 Å². The Bertz CT molecular complexity index is 1410. The van der Waals surface area contributed by atoms with E-state index in [0.29, 0.717) is 34.7 Å². The summed E-state index contributed by atoms with van der Waals surface area (Å²) in [5.74, 6) is -0.201. The summed E-state index contributed by atoms with van der Waals surface area (Å²) < 4.78 is 8.21. The molecule has 4 aromatic rings. The molecule has 0 radical (unpaired) electrons. The van der Waals surface area contributed by atoms with Gasteiger partial charge in [-0.2, -0.15) is 5.10 Å². The van der Waals surface area contributed by atoms with E-state index in [9.17, 15) is 4.79 Å². The van der Waals surface area contributed by atoms with Gasteiger partial charge in [-0.05, 0) is 50.5 Å². The summed E-state index contributed by atoms with van der Waals surface area (Å²) in [6.45, 7) is 17.5. The molecule has 3 heterocycles. The molecule has 0 fully saturated rings. The zero-order valence-electron chi connectivity index (χ0n) is 22.2.